The second-order valence-corrected chi connectivity index (χ2v) is 2.15. The lowest BCUT2D eigenvalue weighted by molar-refractivity contribution is -0.134. The molecule has 1 aromatic heterocycles. The second-order valence-electron chi connectivity index (χ2n) is 2.15. The molecular weight excluding hydrogens is 146 g/mol. The molecule has 11 heavy (non-hydrogen) atoms. The molecule has 0 aliphatic heterocycles. The molecule has 0 aliphatic carbocycles. The number of anilines is 1. The average Bonchev–Trinajstić information content (AvgIpc) is 2.31. The van der Waals surface area contributed by atoms with Gasteiger partial charge in [-0.2, -0.15) is 5.10 Å². The monoisotopic (exact) mass is 155 g/mol. The highest BCUT2D eigenvalue weighted by Gasteiger charge is 1.97. The first-order valence-electron chi connectivity index (χ1n) is 3.13. The van der Waals surface area contributed by atoms with Gasteiger partial charge in [0.1, 0.15) is 6.54 Å². The zero-order chi connectivity index (χ0) is 8.27. The Kier molecular flexibility index (Phi) is 2.10. The summed E-state index contributed by atoms with van der Waals surface area (Å²) < 4.78 is 1.60. The van der Waals surface area contributed by atoms with E-state index in [-0.39, 0.29) is 6.54 Å². The van der Waals surface area contributed by atoms with Crippen LogP contribution in [0.3, 0.4) is 0 Å². The van der Waals surface area contributed by atoms with Gasteiger partial charge in [-0.25, -0.2) is 0 Å². The molecule has 5 nitrogen and oxygen atoms in total. The standard InChI is InChI=1S/C6H9N3O2/c1-9-4-5(2-8-9)7-3-6(10)11/h2,4,7H,3H2,1H3,(H,10,11). The minimum atomic E-state index is -0.881. The number of carbonyl (C=O) groups is 1. The lowest BCUT2D eigenvalue weighted by Crippen LogP contribution is -2.11. The Balaban J connectivity index is 2.45. The molecule has 2 N–H and O–H groups in total. The topological polar surface area (TPSA) is 67.2 Å². The van der Waals surface area contributed by atoms with Crippen molar-refractivity contribution in [2.24, 2.45) is 7.05 Å². The Hall–Kier alpha value is -1.52. The molecule has 0 radical (unpaired) electrons. The van der Waals surface area contributed by atoms with Crippen molar-refractivity contribution in [3.05, 3.63) is 12.4 Å². The van der Waals surface area contributed by atoms with Crippen LogP contribution in [0.15, 0.2) is 12.4 Å². The van der Waals surface area contributed by atoms with Gasteiger partial charge in [-0.15, -0.1) is 0 Å². The number of nitrogens with zero attached hydrogens (tertiary/aromatic N) is 2. The van der Waals surface area contributed by atoms with Crippen molar-refractivity contribution < 1.29 is 9.90 Å². The van der Waals surface area contributed by atoms with E-state index in [0.29, 0.717) is 0 Å². The summed E-state index contributed by atoms with van der Waals surface area (Å²) in [5, 5.41) is 14.8. The Bertz CT molecular complexity index is 256. The fourth-order valence-corrected chi connectivity index (χ4v) is 0.690. The van der Waals surface area contributed by atoms with Crippen LogP contribution in [0.2, 0.25) is 0 Å². The quantitative estimate of drug-likeness (QED) is 0.640. The molecule has 60 valence electrons. The van der Waals surface area contributed by atoms with Gasteiger partial charge in [-0.1, -0.05) is 0 Å². The van der Waals surface area contributed by atoms with E-state index in [2.05, 4.69) is 10.4 Å². The van der Waals surface area contributed by atoms with Gasteiger partial charge in [0.05, 0.1) is 11.9 Å². The van der Waals surface area contributed by atoms with Crippen LogP contribution in [0.25, 0.3) is 0 Å². The molecule has 1 heterocycles. The van der Waals surface area contributed by atoms with Crippen LogP contribution in [0, 0.1) is 0 Å². The van der Waals surface area contributed by atoms with Crippen LogP contribution in [0.1, 0.15) is 0 Å². The van der Waals surface area contributed by atoms with E-state index in [0.717, 1.165) is 5.69 Å². The molecule has 0 fully saturated rings. The molecule has 0 amide bonds. The number of aromatic nitrogens is 2. The average molecular weight is 155 g/mol. The Morgan fingerprint density at radius 2 is 2.64 bits per heavy atom. The molecule has 0 saturated carbocycles. The van der Waals surface area contributed by atoms with E-state index in [1.54, 1.807) is 24.1 Å². The van der Waals surface area contributed by atoms with Crippen LogP contribution < -0.4 is 5.32 Å². The minimum Gasteiger partial charge on any atom is -0.480 e. The van der Waals surface area contributed by atoms with Crippen molar-refractivity contribution in [2.45, 2.75) is 0 Å². The maximum atomic E-state index is 10.1. The van der Waals surface area contributed by atoms with Crippen LogP contribution in [0.5, 0.6) is 0 Å². The van der Waals surface area contributed by atoms with Gasteiger partial charge in [-0.3, -0.25) is 9.48 Å². The number of aliphatic carboxylic acids is 1. The number of nitrogens with one attached hydrogen (secondary N) is 1. The molecule has 1 rings (SSSR count). The number of rotatable bonds is 3. The van der Waals surface area contributed by atoms with Crippen molar-refractivity contribution in [1.82, 2.24) is 9.78 Å². The fraction of sp³-hybridized carbons (Fsp3) is 0.333. The molecule has 0 atom stereocenters. The predicted molar refractivity (Wildman–Crippen MR) is 39.3 cm³/mol. The number of hydrogen-bond acceptors (Lipinski definition) is 3. The molecule has 0 unspecified atom stereocenters. The third-order valence-electron chi connectivity index (χ3n) is 1.15. The SMILES string of the molecule is Cn1cc(NCC(=O)O)cn1. The van der Waals surface area contributed by atoms with Gasteiger partial charge < -0.3 is 10.4 Å². The molecule has 0 saturated heterocycles. The number of carboxylic acid groups (broad SMARTS) is 1. The molecule has 0 aromatic carbocycles. The van der Waals surface area contributed by atoms with Gasteiger partial charge >= 0.3 is 5.97 Å². The summed E-state index contributed by atoms with van der Waals surface area (Å²) in [4.78, 5) is 10.1. The zero-order valence-corrected chi connectivity index (χ0v) is 6.11. The second kappa shape index (κ2) is 3.05. The van der Waals surface area contributed by atoms with Gasteiger partial charge in [0.2, 0.25) is 0 Å². The molecular formula is C6H9N3O2. The maximum Gasteiger partial charge on any atom is 0.322 e. The van der Waals surface area contributed by atoms with Crippen molar-refractivity contribution in [1.29, 1.82) is 0 Å². The Morgan fingerprint density at radius 3 is 3.09 bits per heavy atom. The van der Waals surface area contributed by atoms with Crippen molar-refractivity contribution in [2.75, 3.05) is 11.9 Å². The lowest BCUT2D eigenvalue weighted by atomic mass is 10.5. The third-order valence-corrected chi connectivity index (χ3v) is 1.15. The summed E-state index contributed by atoms with van der Waals surface area (Å²) >= 11 is 0. The first-order valence-corrected chi connectivity index (χ1v) is 3.13. The summed E-state index contributed by atoms with van der Waals surface area (Å²) in [5.74, 6) is -0.881. The summed E-state index contributed by atoms with van der Waals surface area (Å²) in [5.41, 5.74) is 0.718. The predicted octanol–water partition coefficient (Wildman–Crippen LogP) is -0.0834. The zero-order valence-electron chi connectivity index (χ0n) is 6.11. The molecule has 5 heteroatoms. The van der Waals surface area contributed by atoms with Gasteiger partial charge in [0, 0.05) is 13.2 Å². The highest BCUT2D eigenvalue weighted by molar-refractivity contribution is 5.72. The largest absolute Gasteiger partial charge is 0.480 e. The molecule has 0 aliphatic rings. The molecule has 0 bridgehead atoms. The van der Waals surface area contributed by atoms with Gasteiger partial charge in [0.15, 0.2) is 0 Å². The summed E-state index contributed by atoms with van der Waals surface area (Å²) in [6.07, 6.45) is 3.28. The Morgan fingerprint density at radius 1 is 1.91 bits per heavy atom. The first kappa shape index (κ1) is 7.59. The van der Waals surface area contributed by atoms with E-state index in [4.69, 9.17) is 5.11 Å². The highest BCUT2D eigenvalue weighted by atomic mass is 16.4. The summed E-state index contributed by atoms with van der Waals surface area (Å²) in [6.45, 7) is -0.0777. The van der Waals surface area contributed by atoms with Crippen molar-refractivity contribution in [3.8, 4) is 0 Å². The van der Waals surface area contributed by atoms with Crippen molar-refractivity contribution >= 4 is 11.7 Å². The molecule has 0 spiro atoms. The minimum absolute atomic E-state index is 0.0777. The van der Waals surface area contributed by atoms with Crippen LogP contribution >= 0.6 is 0 Å². The van der Waals surface area contributed by atoms with Crippen LogP contribution in [0.4, 0.5) is 5.69 Å². The highest BCUT2D eigenvalue weighted by Crippen LogP contribution is 2.01. The normalized spacial score (nSPS) is 9.55. The number of carboxylic acids is 1. The van der Waals surface area contributed by atoms with Gasteiger partial charge in [-0.05, 0) is 0 Å². The summed E-state index contributed by atoms with van der Waals surface area (Å²) in [6, 6.07) is 0. The third kappa shape index (κ3) is 2.29. The first-order chi connectivity index (χ1) is 5.18. The summed E-state index contributed by atoms with van der Waals surface area (Å²) in [7, 11) is 1.77. The van der Waals surface area contributed by atoms with Crippen molar-refractivity contribution in [3.63, 3.8) is 0 Å². The fourth-order valence-electron chi connectivity index (χ4n) is 0.690. The number of aryl methyl sites for hydroxylation is 1. The van der Waals surface area contributed by atoms with Gasteiger partial charge in [0.25, 0.3) is 0 Å². The van der Waals surface area contributed by atoms with E-state index < -0.39 is 5.97 Å². The van der Waals surface area contributed by atoms with Crippen LogP contribution in [-0.4, -0.2) is 27.4 Å². The Labute approximate surface area is 63.6 Å². The van der Waals surface area contributed by atoms with E-state index in [1.165, 1.54) is 0 Å². The number of hydrogen-bond donors (Lipinski definition) is 2. The maximum absolute atomic E-state index is 10.1. The lowest BCUT2D eigenvalue weighted by Gasteiger charge is -1.95. The van der Waals surface area contributed by atoms with E-state index in [9.17, 15) is 4.79 Å². The molecule has 1 aromatic rings. The van der Waals surface area contributed by atoms with E-state index in [1.807, 2.05) is 0 Å². The van der Waals surface area contributed by atoms with Crippen LogP contribution in [-0.2, 0) is 11.8 Å². The smallest absolute Gasteiger partial charge is 0.322 e. The van der Waals surface area contributed by atoms with E-state index >= 15 is 0 Å².